The van der Waals surface area contributed by atoms with Crippen LogP contribution in [0.5, 0.6) is 5.75 Å². The van der Waals surface area contributed by atoms with E-state index in [1.54, 1.807) is 31.2 Å². The second-order valence-electron chi connectivity index (χ2n) is 6.07. The maximum Gasteiger partial charge on any atom is 0.243 e. The van der Waals surface area contributed by atoms with Crippen molar-refractivity contribution in [2.24, 2.45) is 0 Å². The van der Waals surface area contributed by atoms with Gasteiger partial charge in [-0.3, -0.25) is 9.59 Å². The molecule has 0 spiro atoms. The Kier molecular flexibility index (Phi) is 7.02. The van der Waals surface area contributed by atoms with Crippen molar-refractivity contribution in [3.05, 3.63) is 48.5 Å². The van der Waals surface area contributed by atoms with Gasteiger partial charge in [0.15, 0.2) is 0 Å². The molecule has 138 valence electrons. The number of amides is 2. The zero-order valence-electron chi connectivity index (χ0n) is 15.3. The molecule has 2 aromatic rings. The van der Waals surface area contributed by atoms with E-state index in [1.807, 2.05) is 38.1 Å². The van der Waals surface area contributed by atoms with Gasteiger partial charge in [0, 0.05) is 23.5 Å². The van der Waals surface area contributed by atoms with Gasteiger partial charge in [-0.1, -0.05) is 6.92 Å². The molecule has 6 nitrogen and oxygen atoms in total. The summed E-state index contributed by atoms with van der Waals surface area (Å²) >= 11 is 0. The molecule has 26 heavy (non-hydrogen) atoms. The second kappa shape index (κ2) is 9.46. The Hall–Kier alpha value is -3.02. The maximum atomic E-state index is 12.0. The van der Waals surface area contributed by atoms with Crippen molar-refractivity contribution in [2.75, 3.05) is 22.5 Å². The number of hydrogen-bond donors (Lipinski definition) is 3. The molecule has 2 rings (SSSR count). The summed E-state index contributed by atoms with van der Waals surface area (Å²) in [5.74, 6) is 0.590. The summed E-state index contributed by atoms with van der Waals surface area (Å²) in [7, 11) is 0. The van der Waals surface area contributed by atoms with Crippen molar-refractivity contribution >= 4 is 28.9 Å². The topological polar surface area (TPSA) is 79.5 Å². The van der Waals surface area contributed by atoms with Crippen LogP contribution in [0.25, 0.3) is 0 Å². The molecular weight excluding hydrogens is 330 g/mol. The van der Waals surface area contributed by atoms with Crippen LogP contribution >= 0.6 is 0 Å². The predicted molar refractivity (Wildman–Crippen MR) is 105 cm³/mol. The summed E-state index contributed by atoms with van der Waals surface area (Å²) in [5.41, 5.74) is 2.25. The van der Waals surface area contributed by atoms with Crippen LogP contribution in [0, 0.1) is 0 Å². The van der Waals surface area contributed by atoms with Crippen LogP contribution in [0.2, 0.25) is 0 Å². The summed E-state index contributed by atoms with van der Waals surface area (Å²) in [5, 5.41) is 8.65. The Morgan fingerprint density at radius 3 is 1.88 bits per heavy atom. The molecule has 0 radical (unpaired) electrons. The van der Waals surface area contributed by atoms with E-state index in [-0.39, 0.29) is 24.5 Å². The van der Waals surface area contributed by atoms with E-state index in [1.165, 1.54) is 0 Å². The Bertz CT molecular complexity index is 725. The minimum Gasteiger partial charge on any atom is -0.491 e. The second-order valence-corrected chi connectivity index (χ2v) is 6.07. The van der Waals surface area contributed by atoms with E-state index in [0.717, 1.165) is 17.1 Å². The maximum absolute atomic E-state index is 12.0. The van der Waals surface area contributed by atoms with Gasteiger partial charge in [0.2, 0.25) is 11.8 Å². The molecule has 0 bridgehead atoms. The first-order chi connectivity index (χ1) is 12.5. The van der Waals surface area contributed by atoms with E-state index in [0.29, 0.717) is 12.1 Å². The predicted octanol–water partition coefficient (Wildman–Crippen LogP) is 3.87. The first-order valence-electron chi connectivity index (χ1n) is 8.66. The number of rotatable bonds is 8. The fourth-order valence-corrected chi connectivity index (χ4v) is 2.20. The van der Waals surface area contributed by atoms with Gasteiger partial charge < -0.3 is 20.7 Å². The molecule has 3 N–H and O–H groups in total. The molecular formula is C20H25N3O3. The zero-order valence-corrected chi connectivity index (χ0v) is 15.3. The van der Waals surface area contributed by atoms with E-state index in [2.05, 4.69) is 16.0 Å². The number of anilines is 3. The lowest BCUT2D eigenvalue weighted by molar-refractivity contribution is -0.116. The highest BCUT2D eigenvalue weighted by molar-refractivity contribution is 5.94. The van der Waals surface area contributed by atoms with E-state index < -0.39 is 0 Å². The lowest BCUT2D eigenvalue weighted by Gasteiger charge is -2.11. The average molecular weight is 355 g/mol. The highest BCUT2D eigenvalue weighted by atomic mass is 16.5. The summed E-state index contributed by atoms with van der Waals surface area (Å²) in [4.78, 5) is 23.4. The van der Waals surface area contributed by atoms with Gasteiger partial charge in [-0.2, -0.15) is 0 Å². The molecule has 2 amide bonds. The Labute approximate surface area is 153 Å². The minimum absolute atomic E-state index is 0.0325. The SMILES string of the molecule is CCC(=O)Nc1ccc(NCC(=O)Nc2ccc(OC(C)C)cc2)cc1. The first kappa shape index (κ1) is 19.3. The Morgan fingerprint density at radius 2 is 1.35 bits per heavy atom. The van der Waals surface area contributed by atoms with Gasteiger partial charge in [0.25, 0.3) is 0 Å². The van der Waals surface area contributed by atoms with Crippen molar-refractivity contribution in [3.63, 3.8) is 0 Å². The fraction of sp³-hybridized carbons (Fsp3) is 0.300. The number of ether oxygens (including phenoxy) is 1. The molecule has 0 saturated carbocycles. The largest absolute Gasteiger partial charge is 0.491 e. The quantitative estimate of drug-likeness (QED) is 0.671. The fourth-order valence-electron chi connectivity index (χ4n) is 2.20. The van der Waals surface area contributed by atoms with E-state index >= 15 is 0 Å². The number of hydrogen-bond acceptors (Lipinski definition) is 4. The van der Waals surface area contributed by atoms with Gasteiger partial charge in [0.1, 0.15) is 5.75 Å². The third-order valence-corrected chi connectivity index (χ3v) is 3.45. The molecule has 0 aromatic heterocycles. The standard InChI is InChI=1S/C20H25N3O3/c1-4-19(24)22-16-7-5-15(6-8-16)21-13-20(25)23-17-9-11-18(12-10-17)26-14(2)3/h5-12,14,21H,4,13H2,1-3H3,(H,22,24)(H,23,25). The van der Waals surface area contributed by atoms with Gasteiger partial charge in [0.05, 0.1) is 12.6 Å². The van der Waals surface area contributed by atoms with Crippen molar-refractivity contribution in [2.45, 2.75) is 33.3 Å². The highest BCUT2D eigenvalue weighted by Gasteiger charge is 2.04. The average Bonchev–Trinajstić information content (AvgIpc) is 2.62. The van der Waals surface area contributed by atoms with Crippen LogP contribution in [0.1, 0.15) is 27.2 Å². The molecule has 0 fully saturated rings. The van der Waals surface area contributed by atoms with Crippen LogP contribution < -0.4 is 20.7 Å². The molecule has 0 atom stereocenters. The number of benzene rings is 2. The third-order valence-electron chi connectivity index (χ3n) is 3.45. The molecule has 6 heteroatoms. The van der Waals surface area contributed by atoms with Crippen LogP contribution in [-0.2, 0) is 9.59 Å². The third kappa shape index (κ3) is 6.47. The molecule has 0 aliphatic carbocycles. The Balaban J connectivity index is 1.80. The normalized spacial score (nSPS) is 10.3. The number of carbonyl (C=O) groups is 2. The first-order valence-corrected chi connectivity index (χ1v) is 8.66. The number of carbonyl (C=O) groups excluding carboxylic acids is 2. The van der Waals surface area contributed by atoms with Crippen LogP contribution in [0.15, 0.2) is 48.5 Å². The van der Waals surface area contributed by atoms with Gasteiger partial charge >= 0.3 is 0 Å². The molecule has 0 heterocycles. The van der Waals surface area contributed by atoms with Crippen LogP contribution in [0.3, 0.4) is 0 Å². The van der Waals surface area contributed by atoms with E-state index in [9.17, 15) is 9.59 Å². The Morgan fingerprint density at radius 1 is 0.846 bits per heavy atom. The summed E-state index contributed by atoms with van der Waals surface area (Å²) in [6, 6.07) is 14.5. The molecule has 2 aromatic carbocycles. The van der Waals surface area contributed by atoms with Crippen molar-refractivity contribution in [1.82, 2.24) is 0 Å². The molecule has 0 unspecified atom stereocenters. The lowest BCUT2D eigenvalue weighted by Crippen LogP contribution is -2.21. The van der Waals surface area contributed by atoms with E-state index in [4.69, 9.17) is 4.74 Å². The minimum atomic E-state index is -0.147. The molecule has 0 aliphatic rings. The lowest BCUT2D eigenvalue weighted by atomic mass is 10.2. The van der Waals surface area contributed by atoms with Crippen LogP contribution in [-0.4, -0.2) is 24.5 Å². The van der Waals surface area contributed by atoms with Crippen molar-refractivity contribution in [3.8, 4) is 5.75 Å². The van der Waals surface area contributed by atoms with Crippen molar-refractivity contribution in [1.29, 1.82) is 0 Å². The monoisotopic (exact) mass is 355 g/mol. The molecule has 0 saturated heterocycles. The highest BCUT2D eigenvalue weighted by Crippen LogP contribution is 2.17. The summed E-state index contributed by atoms with van der Waals surface area (Å²) < 4.78 is 5.57. The zero-order chi connectivity index (χ0) is 18.9. The summed E-state index contributed by atoms with van der Waals surface area (Å²) in [6.07, 6.45) is 0.548. The summed E-state index contributed by atoms with van der Waals surface area (Å²) in [6.45, 7) is 5.87. The van der Waals surface area contributed by atoms with Gasteiger partial charge in [-0.15, -0.1) is 0 Å². The van der Waals surface area contributed by atoms with Crippen LogP contribution in [0.4, 0.5) is 17.1 Å². The van der Waals surface area contributed by atoms with Gasteiger partial charge in [-0.25, -0.2) is 0 Å². The van der Waals surface area contributed by atoms with Gasteiger partial charge in [-0.05, 0) is 62.4 Å². The van der Waals surface area contributed by atoms with Crippen molar-refractivity contribution < 1.29 is 14.3 Å². The molecule has 0 aliphatic heterocycles. The number of nitrogens with one attached hydrogen (secondary N) is 3. The smallest absolute Gasteiger partial charge is 0.243 e.